The van der Waals surface area contributed by atoms with E-state index < -0.39 is 60.4 Å². The summed E-state index contributed by atoms with van der Waals surface area (Å²) in [7, 11) is 0. The fraction of sp³-hybridized carbons (Fsp3) is 0.750. The molecule has 0 fully saturated rings. The highest BCUT2D eigenvalue weighted by molar-refractivity contribution is 7.59. The van der Waals surface area contributed by atoms with E-state index in [9.17, 15) is 24.3 Å². The minimum Gasteiger partial charge on any atom is -0.481 e. The molecule has 8 heteroatoms. The lowest BCUT2D eigenvalue weighted by Crippen LogP contribution is -2.45. The van der Waals surface area contributed by atoms with Crippen LogP contribution < -0.4 is 0 Å². The standard InChI is InChI=1S/C16H26O7.H2S/c1-9(2)12(15(20)21)6-13(18)16(22,7-11(5)17)8-14(19)23-10(3)4;/h9-10,12,22H,6-8H2,1-5H3,(H,20,21);1H2/t12-,16?;/m0./s1. The summed E-state index contributed by atoms with van der Waals surface area (Å²) < 4.78 is 4.90. The van der Waals surface area contributed by atoms with Gasteiger partial charge >= 0.3 is 11.9 Å². The maximum absolute atomic E-state index is 12.4. The molecule has 0 amide bonds. The SMILES string of the molecule is CC(=O)CC(O)(CC(=O)OC(C)C)C(=O)C[C@H](C(=O)O)C(C)C.S. The monoisotopic (exact) mass is 364 g/mol. The molecule has 0 heterocycles. The first kappa shape index (κ1) is 24.8. The van der Waals surface area contributed by atoms with E-state index in [1.54, 1.807) is 27.7 Å². The molecule has 24 heavy (non-hydrogen) atoms. The van der Waals surface area contributed by atoms with Crippen LogP contribution in [0.5, 0.6) is 0 Å². The van der Waals surface area contributed by atoms with E-state index in [1.165, 1.54) is 6.92 Å². The van der Waals surface area contributed by atoms with Gasteiger partial charge in [0.05, 0.1) is 18.4 Å². The maximum atomic E-state index is 12.4. The lowest BCUT2D eigenvalue weighted by molar-refractivity contribution is -0.160. The lowest BCUT2D eigenvalue weighted by Gasteiger charge is -2.27. The van der Waals surface area contributed by atoms with E-state index in [-0.39, 0.29) is 19.4 Å². The van der Waals surface area contributed by atoms with Gasteiger partial charge in [-0.25, -0.2) is 0 Å². The molecule has 1 unspecified atom stereocenters. The molecule has 7 nitrogen and oxygen atoms in total. The number of carboxylic acids is 1. The second-order valence-electron chi connectivity index (χ2n) is 6.44. The second kappa shape index (κ2) is 10.5. The maximum Gasteiger partial charge on any atom is 0.309 e. The average Bonchev–Trinajstić information content (AvgIpc) is 2.31. The van der Waals surface area contributed by atoms with Crippen LogP contribution in [0.4, 0.5) is 0 Å². The first-order valence-corrected chi connectivity index (χ1v) is 7.56. The molecular formula is C16H28O7S. The van der Waals surface area contributed by atoms with Crippen molar-refractivity contribution in [1.82, 2.24) is 0 Å². The number of ketones is 2. The van der Waals surface area contributed by atoms with Crippen molar-refractivity contribution in [3.63, 3.8) is 0 Å². The molecule has 0 spiro atoms. The number of ether oxygens (including phenoxy) is 1. The molecular weight excluding hydrogens is 336 g/mol. The molecule has 0 bridgehead atoms. The Hall–Kier alpha value is -1.41. The molecule has 140 valence electrons. The Morgan fingerprint density at radius 3 is 1.88 bits per heavy atom. The number of aliphatic hydroxyl groups is 1. The van der Waals surface area contributed by atoms with Gasteiger partial charge in [0.15, 0.2) is 5.78 Å². The fourth-order valence-corrected chi connectivity index (χ4v) is 2.21. The van der Waals surface area contributed by atoms with E-state index in [4.69, 9.17) is 9.84 Å². The Morgan fingerprint density at radius 2 is 1.54 bits per heavy atom. The molecule has 0 aromatic heterocycles. The van der Waals surface area contributed by atoms with Crippen LogP contribution in [-0.2, 0) is 23.9 Å². The molecule has 0 saturated carbocycles. The van der Waals surface area contributed by atoms with Gasteiger partial charge in [0.1, 0.15) is 11.4 Å². The fourth-order valence-electron chi connectivity index (χ4n) is 2.21. The molecule has 0 aliphatic heterocycles. The molecule has 0 saturated heterocycles. The van der Waals surface area contributed by atoms with Crippen molar-refractivity contribution in [2.75, 3.05) is 0 Å². The molecule has 0 aliphatic carbocycles. The highest BCUT2D eigenvalue weighted by Crippen LogP contribution is 2.25. The van der Waals surface area contributed by atoms with Gasteiger partial charge in [0.25, 0.3) is 0 Å². The molecule has 0 rings (SSSR count). The predicted molar refractivity (Wildman–Crippen MR) is 92.1 cm³/mol. The number of hydrogen-bond acceptors (Lipinski definition) is 6. The van der Waals surface area contributed by atoms with Crippen molar-refractivity contribution in [2.45, 2.75) is 65.6 Å². The van der Waals surface area contributed by atoms with Gasteiger partial charge in [-0.05, 0) is 26.7 Å². The molecule has 2 atom stereocenters. The topological polar surface area (TPSA) is 118 Å². The Bertz CT molecular complexity index is 473. The number of carbonyl (C=O) groups excluding carboxylic acids is 3. The minimum atomic E-state index is -2.24. The largest absolute Gasteiger partial charge is 0.481 e. The van der Waals surface area contributed by atoms with Crippen molar-refractivity contribution in [1.29, 1.82) is 0 Å². The zero-order valence-corrected chi connectivity index (χ0v) is 15.8. The van der Waals surface area contributed by atoms with E-state index in [2.05, 4.69) is 0 Å². The van der Waals surface area contributed by atoms with Crippen LogP contribution in [0.2, 0.25) is 0 Å². The van der Waals surface area contributed by atoms with E-state index in [1.807, 2.05) is 0 Å². The number of hydrogen-bond donors (Lipinski definition) is 2. The van der Waals surface area contributed by atoms with Gasteiger partial charge in [-0.2, -0.15) is 13.5 Å². The van der Waals surface area contributed by atoms with Crippen LogP contribution in [0.3, 0.4) is 0 Å². The van der Waals surface area contributed by atoms with Crippen LogP contribution in [0.25, 0.3) is 0 Å². The normalized spacial score (nSPS) is 14.5. The van der Waals surface area contributed by atoms with Gasteiger partial charge in [-0.15, -0.1) is 0 Å². The number of esters is 1. The first-order chi connectivity index (χ1) is 10.4. The summed E-state index contributed by atoms with van der Waals surface area (Å²) in [5.41, 5.74) is -2.24. The zero-order valence-electron chi connectivity index (χ0n) is 14.8. The van der Waals surface area contributed by atoms with E-state index in [0.717, 1.165) is 0 Å². The van der Waals surface area contributed by atoms with Crippen LogP contribution in [0.1, 0.15) is 53.9 Å². The second-order valence-corrected chi connectivity index (χ2v) is 6.44. The van der Waals surface area contributed by atoms with Crippen molar-refractivity contribution in [2.24, 2.45) is 11.8 Å². The quantitative estimate of drug-likeness (QED) is 0.563. The summed E-state index contributed by atoms with van der Waals surface area (Å²) in [6.07, 6.45) is -2.11. The van der Waals surface area contributed by atoms with Gasteiger partial charge in [-0.3, -0.25) is 19.2 Å². The van der Waals surface area contributed by atoms with Gasteiger partial charge in [0, 0.05) is 12.8 Å². The summed E-state index contributed by atoms with van der Waals surface area (Å²) in [6.45, 7) is 7.70. The van der Waals surface area contributed by atoms with Crippen LogP contribution in [0, 0.1) is 11.8 Å². The van der Waals surface area contributed by atoms with Crippen LogP contribution in [0.15, 0.2) is 0 Å². The molecule has 0 aliphatic rings. The summed E-state index contributed by atoms with van der Waals surface area (Å²) in [6, 6.07) is 0. The van der Waals surface area contributed by atoms with Gasteiger partial charge < -0.3 is 14.9 Å². The number of aliphatic carboxylic acids is 1. The van der Waals surface area contributed by atoms with E-state index in [0.29, 0.717) is 0 Å². The molecule has 2 N–H and O–H groups in total. The Labute approximate surface area is 149 Å². The Morgan fingerprint density at radius 1 is 1.04 bits per heavy atom. The molecule has 0 aromatic carbocycles. The minimum absolute atomic E-state index is 0. The van der Waals surface area contributed by atoms with Gasteiger partial charge in [0.2, 0.25) is 0 Å². The zero-order chi connectivity index (χ0) is 18.4. The van der Waals surface area contributed by atoms with Crippen LogP contribution in [-0.4, -0.2) is 45.4 Å². The van der Waals surface area contributed by atoms with E-state index >= 15 is 0 Å². The molecule has 0 aromatic rings. The predicted octanol–water partition coefficient (Wildman–Crippen LogP) is 1.47. The Kier molecular flexibility index (Phi) is 10.8. The van der Waals surface area contributed by atoms with Crippen molar-refractivity contribution >= 4 is 37.0 Å². The summed E-state index contributed by atoms with van der Waals surface area (Å²) >= 11 is 0. The highest BCUT2D eigenvalue weighted by Gasteiger charge is 2.42. The average molecular weight is 364 g/mol. The number of carboxylic acid groups (broad SMARTS) is 1. The first-order valence-electron chi connectivity index (χ1n) is 7.56. The third-order valence-electron chi connectivity index (χ3n) is 3.39. The van der Waals surface area contributed by atoms with Crippen molar-refractivity contribution in [3.8, 4) is 0 Å². The third-order valence-corrected chi connectivity index (χ3v) is 3.39. The Balaban J connectivity index is 0. The third kappa shape index (κ3) is 8.44. The highest BCUT2D eigenvalue weighted by atomic mass is 32.1. The molecule has 0 radical (unpaired) electrons. The summed E-state index contributed by atoms with van der Waals surface area (Å²) in [5, 5.41) is 19.6. The van der Waals surface area contributed by atoms with Crippen LogP contribution >= 0.6 is 13.5 Å². The lowest BCUT2D eigenvalue weighted by atomic mass is 9.81. The summed E-state index contributed by atoms with van der Waals surface area (Å²) in [5.74, 6) is -4.62. The number of rotatable bonds is 10. The number of Topliss-reactive ketones (excluding diaryl/α,β-unsaturated/α-hetero) is 2. The van der Waals surface area contributed by atoms with Gasteiger partial charge in [-0.1, -0.05) is 13.8 Å². The van der Waals surface area contributed by atoms with Crippen molar-refractivity contribution in [3.05, 3.63) is 0 Å². The summed E-state index contributed by atoms with van der Waals surface area (Å²) in [4.78, 5) is 46.7. The van der Waals surface area contributed by atoms with Crippen molar-refractivity contribution < 1.29 is 34.1 Å². The number of carbonyl (C=O) groups is 4. The smallest absolute Gasteiger partial charge is 0.309 e.